The number of methoxy groups -OCH3 is 1. The van der Waals surface area contributed by atoms with Crippen molar-refractivity contribution in [2.24, 2.45) is 11.8 Å². The van der Waals surface area contributed by atoms with Gasteiger partial charge in [-0.3, -0.25) is 9.59 Å². The zero-order chi connectivity index (χ0) is 14.9. The Morgan fingerprint density at radius 1 is 1.35 bits per heavy atom. The third kappa shape index (κ3) is 2.73. The molecule has 1 aliphatic rings. The Kier molecular flexibility index (Phi) is 4.48. The molecule has 0 aliphatic carbocycles. The van der Waals surface area contributed by atoms with Gasteiger partial charge in [-0.25, -0.2) is 0 Å². The number of hydrogen-bond acceptors (Lipinski definition) is 3. The van der Waals surface area contributed by atoms with Crippen LogP contribution in [0.4, 0.5) is 0 Å². The molecule has 2 atom stereocenters. The third-order valence-corrected chi connectivity index (χ3v) is 4.76. The topological polar surface area (TPSA) is 46.6 Å². The van der Waals surface area contributed by atoms with Crippen LogP contribution in [-0.2, 0) is 9.53 Å². The molecule has 1 heterocycles. The summed E-state index contributed by atoms with van der Waals surface area (Å²) < 4.78 is 5.71. The molecule has 0 spiro atoms. The van der Waals surface area contributed by atoms with Crippen LogP contribution in [0.3, 0.4) is 0 Å². The highest BCUT2D eigenvalue weighted by Gasteiger charge is 2.38. The SMILES string of the molecule is COC(=O)C1CN(C(=O)c2cccc(Br)c2C)CC1C. The van der Waals surface area contributed by atoms with E-state index in [0.29, 0.717) is 18.7 Å². The maximum Gasteiger partial charge on any atom is 0.310 e. The summed E-state index contributed by atoms with van der Waals surface area (Å²) in [7, 11) is 1.39. The highest BCUT2D eigenvalue weighted by molar-refractivity contribution is 9.10. The Morgan fingerprint density at radius 3 is 2.70 bits per heavy atom. The van der Waals surface area contributed by atoms with Crippen molar-refractivity contribution in [3.8, 4) is 0 Å². The van der Waals surface area contributed by atoms with Crippen LogP contribution in [-0.4, -0.2) is 37.0 Å². The predicted molar refractivity (Wildman–Crippen MR) is 79.5 cm³/mol. The quantitative estimate of drug-likeness (QED) is 0.778. The molecule has 0 aromatic heterocycles. The van der Waals surface area contributed by atoms with E-state index in [9.17, 15) is 9.59 Å². The van der Waals surface area contributed by atoms with Crippen LogP contribution < -0.4 is 0 Å². The van der Waals surface area contributed by atoms with Gasteiger partial charge in [0.25, 0.3) is 5.91 Å². The van der Waals surface area contributed by atoms with Gasteiger partial charge in [-0.05, 0) is 30.5 Å². The van der Waals surface area contributed by atoms with Crippen molar-refractivity contribution in [1.29, 1.82) is 0 Å². The number of rotatable bonds is 2. The molecule has 108 valence electrons. The number of nitrogens with zero attached hydrogens (tertiary/aromatic N) is 1. The van der Waals surface area contributed by atoms with E-state index >= 15 is 0 Å². The van der Waals surface area contributed by atoms with Gasteiger partial charge >= 0.3 is 5.97 Å². The van der Waals surface area contributed by atoms with E-state index in [0.717, 1.165) is 10.0 Å². The standard InChI is InChI=1S/C15H18BrNO3/c1-9-7-17(8-12(9)15(19)20-3)14(18)11-5-4-6-13(16)10(11)2/h4-6,9,12H,7-8H2,1-3H3. The molecule has 0 N–H and O–H groups in total. The Morgan fingerprint density at radius 2 is 2.05 bits per heavy atom. The molecular formula is C15H18BrNO3. The molecule has 1 saturated heterocycles. The zero-order valence-corrected chi connectivity index (χ0v) is 13.4. The lowest BCUT2D eigenvalue weighted by Crippen LogP contribution is -2.30. The maximum atomic E-state index is 12.6. The van der Waals surface area contributed by atoms with Crippen LogP contribution in [0.2, 0.25) is 0 Å². The van der Waals surface area contributed by atoms with Gasteiger partial charge in [0.1, 0.15) is 0 Å². The first-order valence-electron chi connectivity index (χ1n) is 6.58. The van der Waals surface area contributed by atoms with E-state index in [2.05, 4.69) is 15.9 Å². The molecule has 5 heteroatoms. The number of halogens is 1. The Labute approximate surface area is 127 Å². The molecule has 1 aliphatic heterocycles. The number of esters is 1. The van der Waals surface area contributed by atoms with Crippen LogP contribution in [0, 0.1) is 18.8 Å². The Hall–Kier alpha value is -1.36. The van der Waals surface area contributed by atoms with E-state index in [1.165, 1.54) is 7.11 Å². The van der Waals surface area contributed by atoms with Gasteiger partial charge in [0.15, 0.2) is 0 Å². The first-order chi connectivity index (χ1) is 9.45. The fourth-order valence-corrected chi connectivity index (χ4v) is 2.97. The first kappa shape index (κ1) is 15.0. The van der Waals surface area contributed by atoms with Crippen molar-refractivity contribution < 1.29 is 14.3 Å². The Bertz CT molecular complexity index is 544. The van der Waals surface area contributed by atoms with Crippen molar-refractivity contribution in [2.75, 3.05) is 20.2 Å². The third-order valence-electron chi connectivity index (χ3n) is 3.90. The monoisotopic (exact) mass is 339 g/mol. The number of carbonyl (C=O) groups is 2. The van der Waals surface area contributed by atoms with Crippen LogP contribution in [0.15, 0.2) is 22.7 Å². The normalized spacial score (nSPS) is 21.9. The molecule has 1 fully saturated rings. The van der Waals surface area contributed by atoms with Crippen LogP contribution >= 0.6 is 15.9 Å². The molecule has 0 saturated carbocycles. The second-order valence-corrected chi connectivity index (χ2v) is 6.08. The number of benzene rings is 1. The lowest BCUT2D eigenvalue weighted by Gasteiger charge is -2.18. The highest BCUT2D eigenvalue weighted by atomic mass is 79.9. The van der Waals surface area contributed by atoms with Crippen LogP contribution in [0.5, 0.6) is 0 Å². The molecule has 2 unspecified atom stereocenters. The number of ether oxygens (including phenoxy) is 1. The summed E-state index contributed by atoms with van der Waals surface area (Å²) in [5.74, 6) is -0.365. The highest BCUT2D eigenvalue weighted by Crippen LogP contribution is 2.27. The van der Waals surface area contributed by atoms with Gasteiger partial charge in [0.05, 0.1) is 13.0 Å². The zero-order valence-electron chi connectivity index (χ0n) is 11.9. The molecule has 1 aromatic carbocycles. The fourth-order valence-electron chi connectivity index (χ4n) is 2.60. The van der Waals surface area contributed by atoms with Gasteiger partial charge in [0.2, 0.25) is 0 Å². The van der Waals surface area contributed by atoms with Crippen LogP contribution in [0.25, 0.3) is 0 Å². The van der Waals surface area contributed by atoms with Gasteiger partial charge in [-0.15, -0.1) is 0 Å². The maximum absolute atomic E-state index is 12.6. The van der Waals surface area contributed by atoms with Gasteiger partial charge < -0.3 is 9.64 Å². The summed E-state index contributed by atoms with van der Waals surface area (Å²) in [4.78, 5) is 26.0. The summed E-state index contributed by atoms with van der Waals surface area (Å²) in [5, 5.41) is 0. The van der Waals surface area contributed by atoms with Gasteiger partial charge in [0, 0.05) is 23.1 Å². The summed E-state index contributed by atoms with van der Waals surface area (Å²) in [6, 6.07) is 5.58. The first-order valence-corrected chi connectivity index (χ1v) is 7.37. The van der Waals surface area contributed by atoms with E-state index in [1.54, 1.807) is 4.90 Å². The molecule has 0 radical (unpaired) electrons. The summed E-state index contributed by atoms with van der Waals surface area (Å²) >= 11 is 3.44. The molecule has 2 rings (SSSR count). The van der Waals surface area contributed by atoms with E-state index in [-0.39, 0.29) is 23.7 Å². The minimum absolute atomic E-state index is 0.0259. The van der Waals surface area contributed by atoms with Crippen molar-refractivity contribution in [2.45, 2.75) is 13.8 Å². The van der Waals surface area contributed by atoms with E-state index < -0.39 is 0 Å². The van der Waals surface area contributed by atoms with Crippen molar-refractivity contribution in [3.63, 3.8) is 0 Å². The number of likely N-dealkylation sites (tertiary alicyclic amines) is 1. The second-order valence-electron chi connectivity index (χ2n) is 5.23. The largest absolute Gasteiger partial charge is 0.469 e. The van der Waals surface area contributed by atoms with Crippen LogP contribution in [0.1, 0.15) is 22.8 Å². The number of amides is 1. The predicted octanol–water partition coefficient (Wildman–Crippen LogP) is 2.64. The average molecular weight is 340 g/mol. The molecule has 4 nitrogen and oxygen atoms in total. The smallest absolute Gasteiger partial charge is 0.310 e. The summed E-state index contributed by atoms with van der Waals surface area (Å²) in [6.45, 7) is 4.90. The van der Waals surface area contributed by atoms with Crippen molar-refractivity contribution in [3.05, 3.63) is 33.8 Å². The molecule has 20 heavy (non-hydrogen) atoms. The molecule has 1 amide bonds. The van der Waals surface area contributed by atoms with E-state index in [1.807, 2.05) is 32.0 Å². The molecular weight excluding hydrogens is 322 g/mol. The minimum atomic E-state index is -0.237. The van der Waals surface area contributed by atoms with Crippen molar-refractivity contribution >= 4 is 27.8 Å². The summed E-state index contributed by atoms with van der Waals surface area (Å²) in [5.41, 5.74) is 1.60. The minimum Gasteiger partial charge on any atom is -0.469 e. The summed E-state index contributed by atoms with van der Waals surface area (Å²) in [6.07, 6.45) is 0. The van der Waals surface area contributed by atoms with Crippen molar-refractivity contribution in [1.82, 2.24) is 4.90 Å². The lowest BCUT2D eigenvalue weighted by atomic mass is 9.99. The van der Waals surface area contributed by atoms with Gasteiger partial charge in [-0.2, -0.15) is 0 Å². The Balaban J connectivity index is 2.19. The van der Waals surface area contributed by atoms with Gasteiger partial charge in [-0.1, -0.05) is 28.9 Å². The number of carbonyl (C=O) groups excluding carboxylic acids is 2. The average Bonchev–Trinajstić information content (AvgIpc) is 2.82. The molecule has 1 aromatic rings. The lowest BCUT2D eigenvalue weighted by molar-refractivity contribution is -0.146. The van der Waals surface area contributed by atoms with E-state index in [4.69, 9.17) is 4.74 Å². The fraction of sp³-hybridized carbons (Fsp3) is 0.467. The molecule has 0 bridgehead atoms. The second kappa shape index (κ2) is 5.95. The number of hydrogen-bond donors (Lipinski definition) is 0.